The van der Waals surface area contributed by atoms with Crippen molar-refractivity contribution < 1.29 is 9.84 Å². The molecule has 17 heavy (non-hydrogen) atoms. The minimum atomic E-state index is -0.921. The topological polar surface area (TPSA) is 53.2 Å². The van der Waals surface area contributed by atoms with E-state index in [2.05, 4.69) is 22.0 Å². The first kappa shape index (κ1) is 12.8. The van der Waals surface area contributed by atoms with E-state index in [1.54, 1.807) is 18.2 Å². The number of nitrogens with zero attached hydrogens (tertiary/aromatic N) is 1. The van der Waals surface area contributed by atoms with E-state index in [0.717, 1.165) is 4.47 Å². The second-order valence-electron chi connectivity index (χ2n) is 4.14. The van der Waals surface area contributed by atoms with Crippen molar-refractivity contribution in [2.45, 2.75) is 12.5 Å². The molecule has 1 heterocycles. The summed E-state index contributed by atoms with van der Waals surface area (Å²) in [7, 11) is 0. The quantitative estimate of drug-likeness (QED) is 0.912. The fraction of sp³-hybridized carbons (Fsp3) is 0.417. The average Bonchev–Trinajstić information content (AvgIpc) is 2.78. The van der Waals surface area contributed by atoms with Crippen molar-refractivity contribution in [3.63, 3.8) is 0 Å². The van der Waals surface area contributed by atoms with Crippen molar-refractivity contribution in [1.82, 2.24) is 0 Å². The van der Waals surface area contributed by atoms with Gasteiger partial charge in [-0.1, -0.05) is 33.6 Å². The van der Waals surface area contributed by atoms with Crippen LogP contribution in [0.4, 0.5) is 0 Å². The van der Waals surface area contributed by atoms with Gasteiger partial charge in [0.2, 0.25) is 0 Å². The molecule has 0 radical (unpaired) electrons. The van der Waals surface area contributed by atoms with Crippen LogP contribution in [0.1, 0.15) is 18.1 Å². The summed E-state index contributed by atoms with van der Waals surface area (Å²) in [4.78, 5) is 0. The van der Waals surface area contributed by atoms with Gasteiger partial charge in [0.05, 0.1) is 12.7 Å². The maximum atomic E-state index is 10.3. The maximum absolute atomic E-state index is 10.3. The van der Waals surface area contributed by atoms with Crippen molar-refractivity contribution in [3.8, 4) is 6.07 Å². The summed E-state index contributed by atoms with van der Waals surface area (Å²) in [6, 6.07) is 7.41. The lowest BCUT2D eigenvalue weighted by Crippen LogP contribution is -2.28. The summed E-state index contributed by atoms with van der Waals surface area (Å²) in [5.41, 5.74) is -0.306. The lowest BCUT2D eigenvalue weighted by Gasteiger charge is -2.26. The standard InChI is InChI=1S/C12H11BrClNO2/c13-8-1-2-9(10(14)5-8)11(16)12(6-15)3-4-17-7-12/h1-2,5,11,16H,3-4,7H2. The minimum absolute atomic E-state index is 0.247. The highest BCUT2D eigenvalue weighted by Crippen LogP contribution is 2.42. The molecular formula is C12H11BrClNO2. The summed E-state index contributed by atoms with van der Waals surface area (Å²) < 4.78 is 6.06. The molecule has 3 nitrogen and oxygen atoms in total. The molecule has 1 aromatic carbocycles. The van der Waals surface area contributed by atoms with E-state index in [1.165, 1.54) is 0 Å². The minimum Gasteiger partial charge on any atom is -0.387 e. The number of aliphatic hydroxyl groups is 1. The number of nitriles is 1. The molecule has 1 aromatic rings. The van der Waals surface area contributed by atoms with Crippen molar-refractivity contribution in [2.24, 2.45) is 5.41 Å². The first-order chi connectivity index (χ1) is 8.09. The Morgan fingerprint density at radius 1 is 1.59 bits per heavy atom. The Kier molecular flexibility index (Phi) is 3.74. The third-order valence-corrected chi connectivity index (χ3v) is 3.88. The fourth-order valence-corrected chi connectivity index (χ4v) is 2.74. The third-order valence-electron chi connectivity index (χ3n) is 3.06. The van der Waals surface area contributed by atoms with Gasteiger partial charge in [-0.2, -0.15) is 5.26 Å². The van der Waals surface area contributed by atoms with Gasteiger partial charge in [-0.15, -0.1) is 0 Å². The van der Waals surface area contributed by atoms with E-state index in [9.17, 15) is 10.4 Å². The lowest BCUT2D eigenvalue weighted by atomic mass is 9.79. The molecule has 0 bridgehead atoms. The van der Waals surface area contributed by atoms with E-state index in [1.807, 2.05) is 0 Å². The van der Waals surface area contributed by atoms with Crippen LogP contribution in [0, 0.1) is 16.7 Å². The van der Waals surface area contributed by atoms with Crippen molar-refractivity contribution >= 4 is 27.5 Å². The Bertz CT molecular complexity index is 466. The van der Waals surface area contributed by atoms with Crippen LogP contribution in [0.25, 0.3) is 0 Å². The van der Waals surface area contributed by atoms with Gasteiger partial charge < -0.3 is 9.84 Å². The summed E-state index contributed by atoms with van der Waals surface area (Å²) in [5, 5.41) is 20.0. The molecule has 5 heteroatoms. The van der Waals surface area contributed by atoms with Crippen LogP contribution >= 0.6 is 27.5 Å². The van der Waals surface area contributed by atoms with Crippen molar-refractivity contribution in [1.29, 1.82) is 5.26 Å². The smallest absolute Gasteiger partial charge is 0.113 e. The second-order valence-corrected chi connectivity index (χ2v) is 5.46. The predicted octanol–water partition coefficient (Wildman–Crippen LogP) is 3.07. The van der Waals surface area contributed by atoms with Crippen LogP contribution in [0.15, 0.2) is 22.7 Å². The summed E-state index contributed by atoms with van der Waals surface area (Å²) in [5.74, 6) is 0. The molecule has 1 fully saturated rings. The Hall–Kier alpha value is -0.600. The SMILES string of the molecule is N#CC1(C(O)c2ccc(Br)cc2Cl)CCOC1. The second kappa shape index (κ2) is 4.95. The van der Waals surface area contributed by atoms with Gasteiger partial charge in [0.25, 0.3) is 0 Å². The number of halogens is 2. The number of rotatable bonds is 2. The molecule has 1 N–H and O–H groups in total. The number of ether oxygens (including phenoxy) is 1. The van der Waals surface area contributed by atoms with Gasteiger partial charge in [-0.25, -0.2) is 0 Å². The zero-order valence-corrected chi connectivity index (χ0v) is 11.3. The van der Waals surface area contributed by atoms with Gasteiger partial charge in [0.15, 0.2) is 0 Å². The van der Waals surface area contributed by atoms with Crippen LogP contribution in [-0.2, 0) is 4.74 Å². The molecule has 0 aromatic heterocycles. The molecule has 2 atom stereocenters. The number of benzene rings is 1. The number of hydrogen-bond acceptors (Lipinski definition) is 3. The van der Waals surface area contributed by atoms with E-state index in [4.69, 9.17) is 16.3 Å². The fourth-order valence-electron chi connectivity index (χ4n) is 1.97. The summed E-state index contributed by atoms with van der Waals surface area (Å²) in [6.45, 7) is 0.746. The Morgan fingerprint density at radius 2 is 2.35 bits per heavy atom. The van der Waals surface area contributed by atoms with E-state index in [0.29, 0.717) is 23.6 Å². The van der Waals surface area contributed by atoms with Gasteiger partial charge in [0.1, 0.15) is 11.5 Å². The van der Waals surface area contributed by atoms with Crippen molar-refractivity contribution in [2.75, 3.05) is 13.2 Å². The van der Waals surface area contributed by atoms with Gasteiger partial charge in [0, 0.05) is 21.7 Å². The first-order valence-electron chi connectivity index (χ1n) is 5.21. The molecule has 1 aliphatic heterocycles. The highest BCUT2D eigenvalue weighted by molar-refractivity contribution is 9.10. The molecule has 1 aliphatic rings. The summed E-state index contributed by atoms with van der Waals surface area (Å²) in [6.07, 6.45) is -0.396. The molecule has 90 valence electrons. The normalized spacial score (nSPS) is 25.5. The number of hydrogen-bond donors (Lipinski definition) is 1. The van der Waals surface area contributed by atoms with Crippen LogP contribution in [0.5, 0.6) is 0 Å². The lowest BCUT2D eigenvalue weighted by molar-refractivity contribution is 0.0505. The predicted molar refractivity (Wildman–Crippen MR) is 67.6 cm³/mol. The molecule has 0 saturated carbocycles. The Labute approximate surface area is 113 Å². The monoisotopic (exact) mass is 315 g/mol. The first-order valence-corrected chi connectivity index (χ1v) is 6.38. The molecule has 1 saturated heterocycles. The molecular weight excluding hydrogens is 305 g/mol. The van der Waals surface area contributed by atoms with Crippen LogP contribution < -0.4 is 0 Å². The van der Waals surface area contributed by atoms with Crippen LogP contribution in [-0.4, -0.2) is 18.3 Å². The van der Waals surface area contributed by atoms with Crippen LogP contribution in [0.2, 0.25) is 5.02 Å². The average molecular weight is 317 g/mol. The molecule has 2 rings (SSSR count). The van der Waals surface area contributed by atoms with Crippen molar-refractivity contribution in [3.05, 3.63) is 33.3 Å². The largest absolute Gasteiger partial charge is 0.387 e. The molecule has 0 aliphatic carbocycles. The van der Waals surface area contributed by atoms with E-state index >= 15 is 0 Å². The zero-order valence-electron chi connectivity index (χ0n) is 8.99. The number of aliphatic hydroxyl groups excluding tert-OH is 1. The van der Waals surface area contributed by atoms with Gasteiger partial charge in [-0.3, -0.25) is 0 Å². The molecule has 2 unspecified atom stereocenters. The Morgan fingerprint density at radius 3 is 2.88 bits per heavy atom. The maximum Gasteiger partial charge on any atom is 0.113 e. The summed E-state index contributed by atoms with van der Waals surface area (Å²) >= 11 is 9.39. The van der Waals surface area contributed by atoms with Gasteiger partial charge in [-0.05, 0) is 18.6 Å². The van der Waals surface area contributed by atoms with Crippen LogP contribution in [0.3, 0.4) is 0 Å². The van der Waals surface area contributed by atoms with E-state index < -0.39 is 11.5 Å². The highest BCUT2D eigenvalue weighted by atomic mass is 79.9. The third kappa shape index (κ3) is 2.34. The molecule has 0 amide bonds. The molecule has 0 spiro atoms. The Balaban J connectivity index is 2.36. The van der Waals surface area contributed by atoms with E-state index in [-0.39, 0.29) is 6.61 Å². The zero-order chi connectivity index (χ0) is 12.5. The highest BCUT2D eigenvalue weighted by Gasteiger charge is 2.43. The van der Waals surface area contributed by atoms with Gasteiger partial charge >= 0.3 is 0 Å².